The first-order valence-corrected chi connectivity index (χ1v) is 7.89. The minimum absolute atomic E-state index is 0.214. The van der Waals surface area contributed by atoms with E-state index in [1.165, 1.54) is 17.9 Å². The molecule has 1 aliphatic heterocycles. The summed E-state index contributed by atoms with van der Waals surface area (Å²) in [5.41, 5.74) is 1.72. The lowest BCUT2D eigenvalue weighted by Gasteiger charge is -2.20. The molecule has 0 amide bonds. The number of halogens is 1. The first kappa shape index (κ1) is 12.1. The topological polar surface area (TPSA) is 24.9 Å². The third-order valence-corrected chi connectivity index (χ3v) is 4.88. The second kappa shape index (κ2) is 5.38. The van der Waals surface area contributed by atoms with Crippen LogP contribution in [-0.4, -0.2) is 23.0 Å². The third-order valence-electron chi connectivity index (χ3n) is 2.86. The fourth-order valence-electron chi connectivity index (χ4n) is 1.95. The summed E-state index contributed by atoms with van der Waals surface area (Å²) in [4.78, 5) is 4.62. The normalized spacial score (nSPS) is 19.9. The van der Waals surface area contributed by atoms with Gasteiger partial charge in [0.2, 0.25) is 0 Å². The van der Waals surface area contributed by atoms with Gasteiger partial charge < -0.3 is 5.32 Å². The molecule has 1 N–H and O–H groups in total. The molecule has 2 aromatic rings. The summed E-state index contributed by atoms with van der Waals surface area (Å²) in [5, 5.41) is 6.57. The molecule has 1 aliphatic rings. The van der Waals surface area contributed by atoms with E-state index in [1.807, 2.05) is 23.2 Å². The molecule has 0 bridgehead atoms. The smallest absolute Gasteiger partial charge is 0.123 e. The summed E-state index contributed by atoms with van der Waals surface area (Å²) in [5.74, 6) is 2.02. The van der Waals surface area contributed by atoms with Gasteiger partial charge in [-0.3, -0.25) is 0 Å². The highest BCUT2D eigenvalue weighted by molar-refractivity contribution is 7.99. The van der Waals surface area contributed by atoms with Crippen LogP contribution >= 0.6 is 23.1 Å². The second-order valence-corrected chi connectivity index (χ2v) is 6.20. The molecule has 0 saturated carbocycles. The molecule has 1 saturated heterocycles. The number of nitrogens with zero attached hydrogens (tertiary/aromatic N) is 1. The molecule has 1 aromatic heterocycles. The van der Waals surface area contributed by atoms with Crippen LogP contribution in [0.15, 0.2) is 29.6 Å². The van der Waals surface area contributed by atoms with Crippen LogP contribution in [-0.2, 0) is 0 Å². The summed E-state index contributed by atoms with van der Waals surface area (Å²) in [6.45, 7) is 1.03. The fourth-order valence-corrected chi connectivity index (χ4v) is 3.90. The molecule has 1 aromatic carbocycles. The van der Waals surface area contributed by atoms with Crippen LogP contribution in [0, 0.1) is 5.82 Å². The van der Waals surface area contributed by atoms with Gasteiger partial charge >= 0.3 is 0 Å². The van der Waals surface area contributed by atoms with Crippen molar-refractivity contribution >= 4 is 23.1 Å². The lowest BCUT2D eigenvalue weighted by Crippen LogP contribution is -2.30. The highest BCUT2D eigenvalue weighted by Crippen LogP contribution is 2.28. The lowest BCUT2D eigenvalue weighted by molar-refractivity contribution is 0.592. The monoisotopic (exact) mass is 280 g/mol. The summed E-state index contributed by atoms with van der Waals surface area (Å²) in [6, 6.07) is 6.94. The molecule has 0 radical (unpaired) electrons. The number of hydrogen-bond donors (Lipinski definition) is 1. The molecular weight excluding hydrogens is 267 g/mol. The van der Waals surface area contributed by atoms with Crippen LogP contribution in [0.5, 0.6) is 0 Å². The van der Waals surface area contributed by atoms with E-state index in [9.17, 15) is 4.39 Å². The average molecular weight is 280 g/mol. The molecule has 18 heavy (non-hydrogen) atoms. The van der Waals surface area contributed by atoms with Crippen molar-refractivity contribution in [2.24, 2.45) is 0 Å². The second-order valence-electron chi connectivity index (χ2n) is 4.16. The number of thiazole rings is 1. The van der Waals surface area contributed by atoms with Crippen molar-refractivity contribution in [3.63, 3.8) is 0 Å². The predicted molar refractivity (Wildman–Crippen MR) is 75.6 cm³/mol. The molecule has 3 rings (SSSR count). The van der Waals surface area contributed by atoms with Crippen molar-refractivity contribution in [2.75, 3.05) is 18.1 Å². The Balaban J connectivity index is 1.84. The highest BCUT2D eigenvalue weighted by Gasteiger charge is 2.18. The van der Waals surface area contributed by atoms with Gasteiger partial charge in [-0.2, -0.15) is 11.8 Å². The molecule has 2 nitrogen and oxygen atoms in total. The van der Waals surface area contributed by atoms with E-state index in [2.05, 4.69) is 10.3 Å². The van der Waals surface area contributed by atoms with Crippen LogP contribution in [0.1, 0.15) is 11.0 Å². The lowest BCUT2D eigenvalue weighted by atomic mass is 10.2. The highest BCUT2D eigenvalue weighted by atomic mass is 32.2. The standard InChI is InChI=1S/C13H13FN2S2/c14-10-3-1-2-9(6-10)11-8-18-13(16-11)12-7-17-5-4-15-12/h1-3,6,8,12,15H,4-5,7H2. The van der Waals surface area contributed by atoms with Crippen molar-refractivity contribution < 1.29 is 4.39 Å². The van der Waals surface area contributed by atoms with Gasteiger partial charge in [0, 0.05) is 29.0 Å². The van der Waals surface area contributed by atoms with E-state index >= 15 is 0 Å². The van der Waals surface area contributed by atoms with E-state index in [-0.39, 0.29) is 5.82 Å². The molecule has 1 fully saturated rings. The van der Waals surface area contributed by atoms with Crippen LogP contribution in [0.25, 0.3) is 11.3 Å². The molecular formula is C13H13FN2S2. The van der Waals surface area contributed by atoms with Crippen molar-refractivity contribution in [3.8, 4) is 11.3 Å². The first-order chi connectivity index (χ1) is 8.83. The Labute approximate surface area is 114 Å². The zero-order valence-electron chi connectivity index (χ0n) is 9.73. The zero-order chi connectivity index (χ0) is 12.4. The SMILES string of the molecule is Fc1cccc(-c2csc(C3CSCCN3)n2)c1. The van der Waals surface area contributed by atoms with E-state index in [0.29, 0.717) is 6.04 Å². The Kier molecular flexibility index (Phi) is 3.63. The molecule has 0 aliphatic carbocycles. The predicted octanol–water partition coefficient (Wildman–Crippen LogP) is 3.33. The number of benzene rings is 1. The maximum atomic E-state index is 13.2. The Morgan fingerprint density at radius 3 is 3.11 bits per heavy atom. The van der Waals surface area contributed by atoms with E-state index in [4.69, 9.17) is 0 Å². The van der Waals surface area contributed by atoms with E-state index in [1.54, 1.807) is 17.4 Å². The van der Waals surface area contributed by atoms with Gasteiger partial charge in [0.15, 0.2) is 0 Å². The van der Waals surface area contributed by atoms with Gasteiger partial charge in [-0.25, -0.2) is 9.37 Å². The molecule has 94 valence electrons. The number of thioether (sulfide) groups is 1. The molecule has 1 atom stereocenters. The van der Waals surface area contributed by atoms with E-state index < -0.39 is 0 Å². The third kappa shape index (κ3) is 2.58. The van der Waals surface area contributed by atoms with Crippen LogP contribution < -0.4 is 5.32 Å². The van der Waals surface area contributed by atoms with Crippen molar-refractivity contribution in [1.82, 2.24) is 10.3 Å². The summed E-state index contributed by atoms with van der Waals surface area (Å²) >= 11 is 3.60. The summed E-state index contributed by atoms with van der Waals surface area (Å²) in [7, 11) is 0. The number of rotatable bonds is 2. The fraction of sp³-hybridized carbons (Fsp3) is 0.308. The summed E-state index contributed by atoms with van der Waals surface area (Å²) < 4.78 is 13.2. The van der Waals surface area contributed by atoms with Gasteiger partial charge in [-0.05, 0) is 12.1 Å². The minimum atomic E-state index is -0.214. The quantitative estimate of drug-likeness (QED) is 0.913. The van der Waals surface area contributed by atoms with Gasteiger partial charge in [0.05, 0.1) is 11.7 Å². The van der Waals surface area contributed by atoms with Crippen molar-refractivity contribution in [2.45, 2.75) is 6.04 Å². The van der Waals surface area contributed by atoms with Crippen molar-refractivity contribution in [3.05, 3.63) is 40.5 Å². The number of aromatic nitrogens is 1. The van der Waals surface area contributed by atoms with Gasteiger partial charge in [0.1, 0.15) is 10.8 Å². The number of hydrogen-bond acceptors (Lipinski definition) is 4. The number of nitrogens with one attached hydrogen (secondary N) is 1. The average Bonchev–Trinajstić information content (AvgIpc) is 2.89. The van der Waals surface area contributed by atoms with Crippen LogP contribution in [0.3, 0.4) is 0 Å². The molecule has 2 heterocycles. The van der Waals surface area contributed by atoms with Crippen molar-refractivity contribution in [1.29, 1.82) is 0 Å². The molecule has 1 unspecified atom stereocenters. The largest absolute Gasteiger partial charge is 0.306 e. The Bertz CT molecular complexity index is 535. The maximum Gasteiger partial charge on any atom is 0.123 e. The maximum absolute atomic E-state index is 13.2. The Morgan fingerprint density at radius 1 is 1.39 bits per heavy atom. The Hall–Kier alpha value is -0.910. The van der Waals surface area contributed by atoms with Gasteiger partial charge in [0.25, 0.3) is 0 Å². The van der Waals surface area contributed by atoms with Gasteiger partial charge in [-0.1, -0.05) is 12.1 Å². The molecule has 5 heteroatoms. The first-order valence-electron chi connectivity index (χ1n) is 5.85. The minimum Gasteiger partial charge on any atom is -0.306 e. The molecule has 0 spiro atoms. The van der Waals surface area contributed by atoms with Gasteiger partial charge in [-0.15, -0.1) is 11.3 Å². The zero-order valence-corrected chi connectivity index (χ0v) is 11.4. The van der Waals surface area contributed by atoms with E-state index in [0.717, 1.165) is 28.6 Å². The summed E-state index contributed by atoms with van der Waals surface area (Å²) in [6.07, 6.45) is 0. The Morgan fingerprint density at radius 2 is 2.33 bits per heavy atom. The van der Waals surface area contributed by atoms with Crippen LogP contribution in [0.2, 0.25) is 0 Å². The van der Waals surface area contributed by atoms with Crippen LogP contribution in [0.4, 0.5) is 4.39 Å².